The molecule has 3 aromatic rings. The normalized spacial score (nSPS) is 13.4. The van der Waals surface area contributed by atoms with E-state index in [1.807, 2.05) is 18.2 Å². The van der Waals surface area contributed by atoms with Crippen molar-refractivity contribution in [3.8, 4) is 0 Å². The van der Waals surface area contributed by atoms with Gasteiger partial charge in [-0.05, 0) is 34.9 Å². The molecule has 154 valence electrons. The van der Waals surface area contributed by atoms with Gasteiger partial charge in [0.15, 0.2) is 0 Å². The number of benzene rings is 3. The number of hydrogen-bond donors (Lipinski definition) is 2. The van der Waals surface area contributed by atoms with Crippen molar-refractivity contribution in [2.45, 2.75) is 18.3 Å². The second-order valence-corrected chi connectivity index (χ2v) is 6.97. The molecular weight excluding hydrogens is 422 g/mol. The molecule has 1 unspecified atom stereocenters. The van der Waals surface area contributed by atoms with Gasteiger partial charge in [-0.15, -0.1) is 12.4 Å². The molecule has 0 radical (unpaired) electrons. The van der Waals surface area contributed by atoms with Gasteiger partial charge in [0.05, 0.1) is 5.56 Å². The molecule has 1 atom stereocenters. The van der Waals surface area contributed by atoms with Gasteiger partial charge in [-0.3, -0.25) is 0 Å². The van der Waals surface area contributed by atoms with Crippen LogP contribution in [0.5, 0.6) is 0 Å². The van der Waals surface area contributed by atoms with Crippen LogP contribution in [0.3, 0.4) is 0 Å². The quantitative estimate of drug-likeness (QED) is 0.505. The Morgan fingerprint density at radius 2 is 1.38 bits per heavy atom. The van der Waals surface area contributed by atoms with Crippen molar-refractivity contribution < 1.29 is 18.3 Å². The van der Waals surface area contributed by atoms with Gasteiger partial charge in [-0.2, -0.15) is 13.2 Å². The van der Waals surface area contributed by atoms with Crippen LogP contribution in [-0.4, -0.2) is 11.7 Å². The van der Waals surface area contributed by atoms with Gasteiger partial charge in [0.1, 0.15) is 5.60 Å². The Labute approximate surface area is 178 Å². The van der Waals surface area contributed by atoms with Crippen LogP contribution in [0.4, 0.5) is 13.2 Å². The second-order valence-electron chi connectivity index (χ2n) is 6.53. The molecule has 0 aliphatic heterocycles. The van der Waals surface area contributed by atoms with Crippen LogP contribution < -0.4 is 5.32 Å². The lowest BCUT2D eigenvalue weighted by molar-refractivity contribution is -0.137. The first-order chi connectivity index (χ1) is 13.3. The van der Waals surface area contributed by atoms with Gasteiger partial charge >= 0.3 is 6.18 Å². The molecule has 29 heavy (non-hydrogen) atoms. The smallest absolute Gasteiger partial charge is 0.379 e. The molecule has 7 heteroatoms. The first-order valence-electron chi connectivity index (χ1n) is 8.70. The minimum absolute atomic E-state index is 0. The standard InChI is InChI=1S/C22H19ClF3NO.ClH/c23-20-11-9-18(10-12-20)21(28,17-6-2-1-3-7-17)15-27-14-16-5-4-8-19(13-16)22(24,25)26;/h1-13,27-28H,14-15H2;1H. The Bertz CT molecular complexity index is 917. The topological polar surface area (TPSA) is 32.3 Å². The van der Waals surface area contributed by atoms with E-state index in [0.29, 0.717) is 21.7 Å². The average Bonchev–Trinajstić information content (AvgIpc) is 2.68. The average molecular weight is 442 g/mol. The SMILES string of the molecule is Cl.OC(CNCc1cccc(C(F)(F)F)c1)(c1ccccc1)c1ccc(Cl)cc1. The van der Waals surface area contributed by atoms with Gasteiger partial charge in [0, 0.05) is 18.1 Å². The summed E-state index contributed by atoms with van der Waals surface area (Å²) in [4.78, 5) is 0. The minimum Gasteiger partial charge on any atom is -0.379 e. The highest BCUT2D eigenvalue weighted by Gasteiger charge is 2.32. The van der Waals surface area contributed by atoms with E-state index in [9.17, 15) is 18.3 Å². The molecular formula is C22H20Cl2F3NO. The summed E-state index contributed by atoms with van der Waals surface area (Å²) < 4.78 is 38.7. The number of nitrogens with one attached hydrogen (secondary N) is 1. The highest BCUT2D eigenvalue weighted by atomic mass is 35.5. The number of halogens is 5. The summed E-state index contributed by atoms with van der Waals surface area (Å²) in [6.07, 6.45) is -4.38. The van der Waals surface area contributed by atoms with Gasteiger partial charge in [0.2, 0.25) is 0 Å². The van der Waals surface area contributed by atoms with Crippen LogP contribution in [0, 0.1) is 0 Å². The van der Waals surface area contributed by atoms with Crippen molar-refractivity contribution in [3.05, 3.63) is 106 Å². The van der Waals surface area contributed by atoms with Gasteiger partial charge in [-0.25, -0.2) is 0 Å². The van der Waals surface area contributed by atoms with E-state index in [2.05, 4.69) is 5.32 Å². The van der Waals surface area contributed by atoms with Gasteiger partial charge < -0.3 is 10.4 Å². The fourth-order valence-electron chi connectivity index (χ4n) is 3.06. The summed E-state index contributed by atoms with van der Waals surface area (Å²) in [7, 11) is 0. The van der Waals surface area contributed by atoms with Crippen LogP contribution in [0.1, 0.15) is 22.3 Å². The first-order valence-corrected chi connectivity index (χ1v) is 9.08. The van der Waals surface area contributed by atoms with E-state index in [1.165, 1.54) is 6.07 Å². The van der Waals surface area contributed by atoms with Crippen LogP contribution in [0.15, 0.2) is 78.9 Å². The molecule has 3 aromatic carbocycles. The van der Waals surface area contributed by atoms with E-state index in [-0.39, 0.29) is 25.5 Å². The monoisotopic (exact) mass is 441 g/mol. The van der Waals surface area contributed by atoms with Crippen LogP contribution in [0.2, 0.25) is 5.02 Å². The Kier molecular flexibility index (Phi) is 7.72. The summed E-state index contributed by atoms with van der Waals surface area (Å²) >= 11 is 5.95. The fourth-order valence-corrected chi connectivity index (χ4v) is 3.18. The predicted molar refractivity (Wildman–Crippen MR) is 111 cm³/mol. The Hall–Kier alpha value is -2.05. The number of hydrogen-bond acceptors (Lipinski definition) is 2. The van der Waals surface area contributed by atoms with E-state index >= 15 is 0 Å². The van der Waals surface area contributed by atoms with E-state index in [1.54, 1.807) is 42.5 Å². The first kappa shape index (κ1) is 23.2. The zero-order valence-electron chi connectivity index (χ0n) is 15.3. The lowest BCUT2D eigenvalue weighted by Gasteiger charge is -2.30. The number of aliphatic hydroxyl groups is 1. The largest absolute Gasteiger partial charge is 0.416 e. The molecule has 0 heterocycles. The summed E-state index contributed by atoms with van der Waals surface area (Å²) in [5.41, 5.74) is -0.245. The number of alkyl halides is 3. The zero-order valence-corrected chi connectivity index (χ0v) is 16.9. The summed E-state index contributed by atoms with van der Waals surface area (Å²) in [6.45, 7) is 0.307. The maximum atomic E-state index is 12.9. The lowest BCUT2D eigenvalue weighted by Crippen LogP contribution is -2.39. The van der Waals surface area contributed by atoms with Gasteiger partial charge in [-0.1, -0.05) is 72.3 Å². The third-order valence-electron chi connectivity index (χ3n) is 4.54. The minimum atomic E-state index is -4.38. The van der Waals surface area contributed by atoms with Crippen molar-refractivity contribution >= 4 is 24.0 Å². The van der Waals surface area contributed by atoms with Crippen LogP contribution in [-0.2, 0) is 18.3 Å². The summed E-state index contributed by atoms with van der Waals surface area (Å²) in [5.74, 6) is 0. The van der Waals surface area contributed by atoms with Crippen molar-refractivity contribution in [3.63, 3.8) is 0 Å². The molecule has 0 aliphatic carbocycles. The molecule has 0 saturated carbocycles. The molecule has 0 fully saturated rings. The third kappa shape index (κ3) is 5.73. The van der Waals surface area contributed by atoms with E-state index in [4.69, 9.17) is 11.6 Å². The predicted octanol–water partition coefficient (Wildman–Crippen LogP) is 5.81. The fraction of sp³-hybridized carbons (Fsp3) is 0.182. The lowest BCUT2D eigenvalue weighted by atomic mass is 9.86. The maximum absolute atomic E-state index is 12.9. The summed E-state index contributed by atoms with van der Waals surface area (Å²) in [5, 5.41) is 15.1. The molecule has 0 saturated heterocycles. The summed E-state index contributed by atoms with van der Waals surface area (Å²) in [6, 6.07) is 21.1. The maximum Gasteiger partial charge on any atom is 0.416 e. The molecule has 0 amide bonds. The number of rotatable bonds is 6. The zero-order chi connectivity index (χ0) is 20.2. The second kappa shape index (κ2) is 9.63. The van der Waals surface area contributed by atoms with Crippen molar-refractivity contribution in [2.75, 3.05) is 6.54 Å². The molecule has 0 aliphatic rings. The van der Waals surface area contributed by atoms with Gasteiger partial charge in [0.25, 0.3) is 0 Å². The molecule has 3 rings (SSSR count). The van der Waals surface area contributed by atoms with E-state index in [0.717, 1.165) is 12.1 Å². The highest BCUT2D eigenvalue weighted by Crippen LogP contribution is 2.31. The Balaban J connectivity index is 0.00000300. The highest BCUT2D eigenvalue weighted by molar-refractivity contribution is 6.30. The molecule has 0 aromatic heterocycles. The van der Waals surface area contributed by atoms with E-state index < -0.39 is 17.3 Å². The van der Waals surface area contributed by atoms with Crippen molar-refractivity contribution in [1.82, 2.24) is 5.32 Å². The van der Waals surface area contributed by atoms with Crippen molar-refractivity contribution in [1.29, 1.82) is 0 Å². The molecule has 0 spiro atoms. The molecule has 0 bridgehead atoms. The third-order valence-corrected chi connectivity index (χ3v) is 4.79. The molecule has 2 N–H and O–H groups in total. The Morgan fingerprint density at radius 3 is 2.00 bits per heavy atom. The van der Waals surface area contributed by atoms with Crippen LogP contribution in [0.25, 0.3) is 0 Å². The molecule has 2 nitrogen and oxygen atoms in total. The van der Waals surface area contributed by atoms with Crippen LogP contribution >= 0.6 is 24.0 Å². The Morgan fingerprint density at radius 1 is 0.793 bits per heavy atom. The van der Waals surface area contributed by atoms with Crippen molar-refractivity contribution in [2.24, 2.45) is 0 Å².